The van der Waals surface area contributed by atoms with Gasteiger partial charge in [0.2, 0.25) is 5.43 Å². The molecule has 174 valence electrons. The van der Waals surface area contributed by atoms with Crippen molar-refractivity contribution in [2.45, 2.75) is 25.9 Å². The molecule has 1 atom stereocenters. The van der Waals surface area contributed by atoms with Crippen LogP contribution >= 0.6 is 0 Å². The number of halogens is 2. The van der Waals surface area contributed by atoms with Gasteiger partial charge in [0.1, 0.15) is 17.2 Å². The van der Waals surface area contributed by atoms with Crippen LogP contribution in [0.2, 0.25) is 0 Å². The van der Waals surface area contributed by atoms with Gasteiger partial charge < -0.3 is 19.9 Å². The second kappa shape index (κ2) is 8.09. The monoisotopic (exact) mass is 465 g/mol. The lowest BCUT2D eigenvalue weighted by Crippen LogP contribution is -2.45. The van der Waals surface area contributed by atoms with E-state index in [0.717, 1.165) is 23.3 Å². The number of nitrogens with one attached hydrogen (secondary N) is 1. The van der Waals surface area contributed by atoms with E-state index >= 15 is 0 Å². The minimum absolute atomic E-state index is 0.176. The number of aryl methyl sites for hydroxylation is 1. The number of aromatic nitrogens is 1. The highest BCUT2D eigenvalue weighted by Gasteiger charge is 2.38. The lowest BCUT2D eigenvalue weighted by atomic mass is 9.97. The summed E-state index contributed by atoms with van der Waals surface area (Å²) in [6.45, 7) is 1.82. The Balaban J connectivity index is 1.55. The van der Waals surface area contributed by atoms with E-state index in [-0.39, 0.29) is 11.3 Å². The molecule has 0 saturated carbocycles. The smallest absolute Gasteiger partial charge is 0.274 e. The van der Waals surface area contributed by atoms with E-state index < -0.39 is 52.8 Å². The highest BCUT2D eigenvalue weighted by atomic mass is 19.1. The van der Waals surface area contributed by atoms with Crippen LogP contribution in [0.15, 0.2) is 47.4 Å². The van der Waals surface area contributed by atoms with Gasteiger partial charge in [0.25, 0.3) is 11.8 Å². The Morgan fingerprint density at radius 1 is 1.18 bits per heavy atom. The highest BCUT2D eigenvalue weighted by Crippen LogP contribution is 2.34. The number of fused-ring (bicyclic) bond motifs is 6. The number of carbonyl (C=O) groups is 2. The molecule has 2 aliphatic rings. The molecule has 9 heteroatoms. The minimum atomic E-state index is -1.02. The lowest BCUT2D eigenvalue weighted by molar-refractivity contribution is 0.0686. The first kappa shape index (κ1) is 21.8. The van der Waals surface area contributed by atoms with E-state index in [9.17, 15) is 28.3 Å². The number of rotatable bonds is 3. The first-order valence-corrected chi connectivity index (χ1v) is 10.8. The van der Waals surface area contributed by atoms with Crippen LogP contribution in [-0.2, 0) is 13.0 Å². The van der Waals surface area contributed by atoms with Crippen molar-refractivity contribution in [2.24, 2.45) is 0 Å². The molecule has 0 fully saturated rings. The average Bonchev–Trinajstić information content (AvgIpc) is 2.97. The Bertz CT molecular complexity index is 1390. The Kier molecular flexibility index (Phi) is 5.19. The van der Waals surface area contributed by atoms with E-state index in [1.165, 1.54) is 10.8 Å². The molecular weight excluding hydrogens is 444 g/mol. The maximum Gasteiger partial charge on any atom is 0.274 e. The molecule has 7 nitrogen and oxygen atoms in total. The second-order valence-corrected chi connectivity index (χ2v) is 8.58. The fourth-order valence-electron chi connectivity index (χ4n) is 4.71. The molecule has 0 aliphatic carbocycles. The van der Waals surface area contributed by atoms with Crippen molar-refractivity contribution in [2.75, 3.05) is 13.1 Å². The third-order valence-corrected chi connectivity index (χ3v) is 6.45. The van der Waals surface area contributed by atoms with Gasteiger partial charge in [-0.3, -0.25) is 14.4 Å². The molecule has 2 aliphatic heterocycles. The van der Waals surface area contributed by atoms with Gasteiger partial charge in [-0.25, -0.2) is 8.78 Å². The van der Waals surface area contributed by atoms with Gasteiger partial charge in [-0.05, 0) is 42.2 Å². The van der Waals surface area contributed by atoms with Gasteiger partial charge in [-0.1, -0.05) is 24.3 Å². The van der Waals surface area contributed by atoms with Crippen LogP contribution in [0.1, 0.15) is 49.1 Å². The minimum Gasteiger partial charge on any atom is -0.503 e. The molecule has 3 aromatic rings. The van der Waals surface area contributed by atoms with Crippen LogP contribution in [0.3, 0.4) is 0 Å². The zero-order valence-corrected chi connectivity index (χ0v) is 18.3. The van der Waals surface area contributed by atoms with E-state index in [1.54, 1.807) is 11.8 Å². The molecular formula is C25H21F2N3O4. The SMILES string of the molecule is Cc1cc(F)c(CNC(=O)c2cn3c(c(O)c2=O)C(=O)N2CCc4ccccc4C3C2)c(F)c1. The van der Waals surface area contributed by atoms with Crippen molar-refractivity contribution in [3.05, 3.63) is 98.0 Å². The Morgan fingerprint density at radius 3 is 2.62 bits per heavy atom. The molecule has 0 saturated heterocycles. The van der Waals surface area contributed by atoms with Crippen LogP contribution < -0.4 is 10.7 Å². The number of hydrogen-bond donors (Lipinski definition) is 2. The number of pyridine rings is 1. The van der Waals surface area contributed by atoms with Gasteiger partial charge in [-0.2, -0.15) is 0 Å². The lowest BCUT2D eigenvalue weighted by Gasteiger charge is -2.35. The van der Waals surface area contributed by atoms with Crippen molar-refractivity contribution >= 4 is 11.8 Å². The normalized spacial score (nSPS) is 16.5. The summed E-state index contributed by atoms with van der Waals surface area (Å²) < 4.78 is 29.8. The first-order valence-electron chi connectivity index (χ1n) is 10.8. The predicted molar refractivity (Wildman–Crippen MR) is 119 cm³/mol. The number of aromatic hydroxyl groups is 1. The number of benzene rings is 2. The summed E-state index contributed by atoms with van der Waals surface area (Å²) in [7, 11) is 0. The molecule has 3 heterocycles. The van der Waals surface area contributed by atoms with Crippen molar-refractivity contribution in [1.29, 1.82) is 0 Å². The molecule has 1 aromatic heterocycles. The maximum absolute atomic E-state index is 14.2. The van der Waals surface area contributed by atoms with E-state index in [4.69, 9.17) is 0 Å². The molecule has 2 aromatic carbocycles. The van der Waals surface area contributed by atoms with Gasteiger partial charge in [-0.15, -0.1) is 0 Å². The van der Waals surface area contributed by atoms with Crippen LogP contribution in [0.5, 0.6) is 5.75 Å². The average molecular weight is 465 g/mol. The number of nitrogens with zero attached hydrogens (tertiary/aromatic N) is 2. The van der Waals surface area contributed by atoms with E-state index in [0.29, 0.717) is 25.1 Å². The van der Waals surface area contributed by atoms with Gasteiger partial charge in [0.15, 0.2) is 11.4 Å². The van der Waals surface area contributed by atoms with Crippen LogP contribution in [0.4, 0.5) is 8.78 Å². The molecule has 5 rings (SSSR count). The fraction of sp³-hybridized carbons (Fsp3) is 0.240. The quantitative estimate of drug-likeness (QED) is 0.622. The Hall–Kier alpha value is -4.01. The molecule has 2 bridgehead atoms. The second-order valence-electron chi connectivity index (χ2n) is 8.58. The molecule has 0 spiro atoms. The summed E-state index contributed by atoms with van der Waals surface area (Å²) in [6.07, 6.45) is 1.87. The van der Waals surface area contributed by atoms with E-state index in [2.05, 4.69) is 5.32 Å². The van der Waals surface area contributed by atoms with Gasteiger partial charge in [0, 0.05) is 31.4 Å². The summed E-state index contributed by atoms with van der Waals surface area (Å²) in [5.74, 6) is -3.85. The Labute approximate surface area is 193 Å². The third kappa shape index (κ3) is 3.44. The van der Waals surface area contributed by atoms with Crippen LogP contribution in [0.25, 0.3) is 0 Å². The maximum atomic E-state index is 14.2. The van der Waals surface area contributed by atoms with Crippen molar-refractivity contribution in [1.82, 2.24) is 14.8 Å². The standard InChI is InChI=1S/C25H21F2N3O4/c1-13-8-18(26)16(19(27)9-13)10-28-24(33)17-11-30-20-12-29(25(34)21(30)23(32)22(17)31)7-6-14-4-2-3-5-15(14)20/h2-5,8-9,11,20,32H,6-7,10,12H2,1H3,(H,28,33). The molecule has 2 amide bonds. The van der Waals surface area contributed by atoms with Crippen LogP contribution in [0, 0.1) is 18.6 Å². The molecule has 1 unspecified atom stereocenters. The fourth-order valence-corrected chi connectivity index (χ4v) is 4.71. The summed E-state index contributed by atoms with van der Waals surface area (Å²) in [6, 6.07) is 9.53. The van der Waals surface area contributed by atoms with Crippen molar-refractivity contribution in [3.8, 4) is 5.75 Å². The summed E-state index contributed by atoms with van der Waals surface area (Å²) in [5, 5.41) is 13.0. The summed E-state index contributed by atoms with van der Waals surface area (Å²) >= 11 is 0. The number of amides is 2. The first-order chi connectivity index (χ1) is 16.3. The van der Waals surface area contributed by atoms with Gasteiger partial charge in [0.05, 0.1) is 6.04 Å². The third-order valence-electron chi connectivity index (χ3n) is 6.45. The number of carbonyl (C=O) groups excluding carboxylic acids is 2. The summed E-state index contributed by atoms with van der Waals surface area (Å²) in [5.41, 5.74) is 0.398. The zero-order chi connectivity index (χ0) is 24.1. The molecule has 34 heavy (non-hydrogen) atoms. The van der Waals surface area contributed by atoms with Crippen LogP contribution in [-0.4, -0.2) is 39.5 Å². The molecule has 0 radical (unpaired) electrons. The molecule has 2 N–H and O–H groups in total. The topological polar surface area (TPSA) is 91.6 Å². The highest BCUT2D eigenvalue weighted by molar-refractivity contribution is 5.99. The van der Waals surface area contributed by atoms with Crippen molar-refractivity contribution in [3.63, 3.8) is 0 Å². The number of hydrogen-bond acceptors (Lipinski definition) is 4. The van der Waals surface area contributed by atoms with Gasteiger partial charge >= 0.3 is 0 Å². The van der Waals surface area contributed by atoms with Crippen molar-refractivity contribution < 1.29 is 23.5 Å². The Morgan fingerprint density at radius 2 is 1.88 bits per heavy atom. The predicted octanol–water partition coefficient (Wildman–Crippen LogP) is 2.67. The summed E-state index contributed by atoms with van der Waals surface area (Å²) in [4.78, 5) is 40.3. The van der Waals surface area contributed by atoms with E-state index in [1.807, 2.05) is 24.3 Å². The largest absolute Gasteiger partial charge is 0.503 e. The zero-order valence-electron chi connectivity index (χ0n) is 18.3.